The van der Waals surface area contributed by atoms with Crippen molar-refractivity contribution in [2.75, 3.05) is 13.1 Å². The molecule has 1 aliphatic rings. The quantitative estimate of drug-likeness (QED) is 0.802. The van der Waals surface area contributed by atoms with Gasteiger partial charge in [-0.25, -0.2) is 0 Å². The van der Waals surface area contributed by atoms with Crippen LogP contribution in [0.5, 0.6) is 0 Å². The SMILES string of the molecule is CCC(C)(C(=O)CCc1ccnn1C)N1CCCCC1. The van der Waals surface area contributed by atoms with E-state index in [0.29, 0.717) is 12.2 Å². The maximum atomic E-state index is 12.7. The number of rotatable bonds is 6. The van der Waals surface area contributed by atoms with Gasteiger partial charge in [-0.2, -0.15) is 5.10 Å². The molecule has 0 aliphatic carbocycles. The molecule has 20 heavy (non-hydrogen) atoms. The Hall–Kier alpha value is -1.16. The first-order chi connectivity index (χ1) is 9.58. The van der Waals surface area contributed by atoms with E-state index in [2.05, 4.69) is 23.8 Å². The van der Waals surface area contributed by atoms with Gasteiger partial charge in [0.05, 0.1) is 5.54 Å². The van der Waals surface area contributed by atoms with Crippen molar-refractivity contribution < 1.29 is 4.79 Å². The first-order valence-corrected chi connectivity index (χ1v) is 7.83. The molecular weight excluding hydrogens is 250 g/mol. The average Bonchev–Trinajstić information content (AvgIpc) is 2.90. The van der Waals surface area contributed by atoms with Gasteiger partial charge in [-0.15, -0.1) is 0 Å². The number of Topliss-reactive ketones (excluding diaryl/α,β-unsaturated/α-hetero) is 1. The van der Waals surface area contributed by atoms with Crippen LogP contribution >= 0.6 is 0 Å². The predicted molar refractivity (Wildman–Crippen MR) is 80.7 cm³/mol. The van der Waals surface area contributed by atoms with E-state index in [0.717, 1.165) is 31.6 Å². The predicted octanol–water partition coefficient (Wildman–Crippen LogP) is 2.58. The zero-order valence-electron chi connectivity index (χ0n) is 13.1. The fourth-order valence-corrected chi connectivity index (χ4v) is 3.14. The highest BCUT2D eigenvalue weighted by Crippen LogP contribution is 2.26. The summed E-state index contributed by atoms with van der Waals surface area (Å²) in [7, 11) is 1.93. The third-order valence-corrected chi connectivity index (χ3v) is 4.87. The third-order valence-electron chi connectivity index (χ3n) is 4.87. The zero-order valence-corrected chi connectivity index (χ0v) is 13.1. The normalized spacial score (nSPS) is 19.8. The Morgan fingerprint density at radius 1 is 1.35 bits per heavy atom. The number of piperidine rings is 1. The van der Waals surface area contributed by atoms with Crippen LogP contribution in [0, 0.1) is 0 Å². The van der Waals surface area contributed by atoms with Gasteiger partial charge in [-0.3, -0.25) is 14.4 Å². The van der Waals surface area contributed by atoms with Gasteiger partial charge in [0.2, 0.25) is 0 Å². The summed E-state index contributed by atoms with van der Waals surface area (Å²) in [5.41, 5.74) is 0.856. The summed E-state index contributed by atoms with van der Waals surface area (Å²) in [6.07, 6.45) is 7.86. The van der Waals surface area contributed by atoms with Gasteiger partial charge in [0.15, 0.2) is 5.78 Å². The van der Waals surface area contributed by atoms with Crippen molar-refractivity contribution in [1.82, 2.24) is 14.7 Å². The van der Waals surface area contributed by atoms with Gasteiger partial charge in [-0.1, -0.05) is 13.3 Å². The number of carbonyl (C=O) groups excluding carboxylic acids is 1. The number of hydrogen-bond donors (Lipinski definition) is 0. The van der Waals surface area contributed by atoms with E-state index in [1.54, 1.807) is 6.20 Å². The van der Waals surface area contributed by atoms with E-state index in [1.807, 2.05) is 17.8 Å². The summed E-state index contributed by atoms with van der Waals surface area (Å²) in [4.78, 5) is 15.1. The van der Waals surface area contributed by atoms with Crippen molar-refractivity contribution in [3.8, 4) is 0 Å². The number of carbonyl (C=O) groups is 1. The van der Waals surface area contributed by atoms with Gasteiger partial charge in [0.25, 0.3) is 0 Å². The topological polar surface area (TPSA) is 38.1 Å². The molecule has 1 aromatic heterocycles. The second-order valence-electron chi connectivity index (χ2n) is 6.04. The number of aromatic nitrogens is 2. The van der Waals surface area contributed by atoms with E-state index in [-0.39, 0.29) is 5.54 Å². The fourth-order valence-electron chi connectivity index (χ4n) is 3.14. The molecule has 0 bridgehead atoms. The number of hydrogen-bond acceptors (Lipinski definition) is 3. The molecule has 0 spiro atoms. The Balaban J connectivity index is 1.99. The Morgan fingerprint density at radius 2 is 2.05 bits per heavy atom. The van der Waals surface area contributed by atoms with Crippen LogP contribution in [0.2, 0.25) is 0 Å². The summed E-state index contributed by atoms with van der Waals surface area (Å²) in [5.74, 6) is 0.378. The molecule has 0 radical (unpaired) electrons. The number of likely N-dealkylation sites (tertiary alicyclic amines) is 1. The van der Waals surface area contributed by atoms with Gasteiger partial charge in [0.1, 0.15) is 0 Å². The summed E-state index contributed by atoms with van der Waals surface area (Å²) < 4.78 is 1.86. The Kier molecular flexibility index (Phi) is 4.97. The monoisotopic (exact) mass is 277 g/mol. The number of aryl methyl sites for hydroxylation is 2. The molecule has 2 rings (SSSR count). The first-order valence-electron chi connectivity index (χ1n) is 7.83. The minimum atomic E-state index is -0.279. The maximum Gasteiger partial charge on any atom is 0.153 e. The zero-order chi connectivity index (χ0) is 14.6. The van der Waals surface area contributed by atoms with Gasteiger partial charge in [0, 0.05) is 25.4 Å². The molecule has 1 fully saturated rings. The van der Waals surface area contributed by atoms with Crippen molar-refractivity contribution in [2.24, 2.45) is 7.05 Å². The standard InChI is InChI=1S/C16H27N3O/c1-4-16(2,19-12-6-5-7-13-19)15(20)9-8-14-10-11-17-18(14)3/h10-11H,4-9,12-13H2,1-3H3. The summed E-state index contributed by atoms with van der Waals surface area (Å²) in [6.45, 7) is 6.41. The highest BCUT2D eigenvalue weighted by Gasteiger charge is 2.37. The molecule has 1 aromatic rings. The van der Waals surface area contributed by atoms with Crippen molar-refractivity contribution >= 4 is 5.78 Å². The van der Waals surface area contributed by atoms with E-state index >= 15 is 0 Å². The van der Waals surface area contributed by atoms with Crippen LogP contribution in [0.1, 0.15) is 51.6 Å². The second-order valence-corrected chi connectivity index (χ2v) is 6.04. The van der Waals surface area contributed by atoms with Crippen LogP contribution in [-0.2, 0) is 18.3 Å². The van der Waals surface area contributed by atoms with Gasteiger partial charge < -0.3 is 0 Å². The largest absolute Gasteiger partial charge is 0.298 e. The van der Waals surface area contributed by atoms with Crippen LogP contribution in [0.25, 0.3) is 0 Å². The third kappa shape index (κ3) is 3.11. The molecule has 4 heteroatoms. The summed E-state index contributed by atoms with van der Waals surface area (Å²) >= 11 is 0. The molecule has 0 aromatic carbocycles. The smallest absolute Gasteiger partial charge is 0.153 e. The van der Waals surface area contributed by atoms with E-state index in [1.165, 1.54) is 19.3 Å². The number of nitrogens with zero attached hydrogens (tertiary/aromatic N) is 3. The highest BCUT2D eigenvalue weighted by molar-refractivity contribution is 5.88. The van der Waals surface area contributed by atoms with Crippen molar-refractivity contribution in [2.45, 2.75) is 57.9 Å². The summed E-state index contributed by atoms with van der Waals surface area (Å²) in [6, 6.07) is 2.00. The van der Waals surface area contributed by atoms with Gasteiger partial charge >= 0.3 is 0 Å². The molecule has 1 saturated heterocycles. The minimum Gasteiger partial charge on any atom is -0.298 e. The molecule has 0 amide bonds. The van der Waals surface area contributed by atoms with Crippen LogP contribution in [0.15, 0.2) is 12.3 Å². The lowest BCUT2D eigenvalue weighted by molar-refractivity contribution is -0.131. The lowest BCUT2D eigenvalue weighted by atomic mass is 9.86. The molecule has 0 saturated carbocycles. The molecule has 4 nitrogen and oxygen atoms in total. The molecule has 0 N–H and O–H groups in total. The Bertz CT molecular complexity index is 448. The first kappa shape index (κ1) is 15.2. The van der Waals surface area contributed by atoms with Gasteiger partial charge in [-0.05, 0) is 51.8 Å². The Labute approximate surface area is 122 Å². The summed E-state index contributed by atoms with van der Waals surface area (Å²) in [5, 5.41) is 4.16. The van der Waals surface area contributed by atoms with Crippen molar-refractivity contribution in [3.05, 3.63) is 18.0 Å². The lowest BCUT2D eigenvalue weighted by Gasteiger charge is -2.42. The maximum absolute atomic E-state index is 12.7. The number of ketones is 1. The average molecular weight is 277 g/mol. The van der Waals surface area contributed by atoms with Crippen LogP contribution < -0.4 is 0 Å². The van der Waals surface area contributed by atoms with E-state index < -0.39 is 0 Å². The van der Waals surface area contributed by atoms with Crippen LogP contribution in [0.4, 0.5) is 0 Å². The molecule has 1 atom stereocenters. The highest BCUT2D eigenvalue weighted by atomic mass is 16.1. The lowest BCUT2D eigenvalue weighted by Crippen LogP contribution is -2.54. The van der Waals surface area contributed by atoms with Crippen molar-refractivity contribution in [1.29, 1.82) is 0 Å². The Morgan fingerprint density at radius 3 is 2.60 bits per heavy atom. The second kappa shape index (κ2) is 6.53. The fraction of sp³-hybridized carbons (Fsp3) is 0.750. The van der Waals surface area contributed by atoms with E-state index in [4.69, 9.17) is 0 Å². The van der Waals surface area contributed by atoms with E-state index in [9.17, 15) is 4.79 Å². The van der Waals surface area contributed by atoms with Crippen LogP contribution in [-0.4, -0.2) is 39.1 Å². The molecule has 1 unspecified atom stereocenters. The van der Waals surface area contributed by atoms with Crippen molar-refractivity contribution in [3.63, 3.8) is 0 Å². The molecule has 1 aliphatic heterocycles. The minimum absolute atomic E-state index is 0.279. The molecule has 112 valence electrons. The van der Waals surface area contributed by atoms with Crippen LogP contribution in [0.3, 0.4) is 0 Å². The molecule has 2 heterocycles. The molecular formula is C16H27N3O.